The van der Waals surface area contributed by atoms with E-state index in [4.69, 9.17) is 19.2 Å². The molecule has 0 spiro atoms. The van der Waals surface area contributed by atoms with Gasteiger partial charge in [0.1, 0.15) is 34.2 Å². The molecule has 0 aliphatic carbocycles. The number of thioether (sulfide) groups is 1. The molecule has 4 heterocycles. The second-order valence-electron chi connectivity index (χ2n) is 9.58. The first-order chi connectivity index (χ1) is 18.3. The van der Waals surface area contributed by atoms with E-state index in [9.17, 15) is 13.2 Å². The summed E-state index contributed by atoms with van der Waals surface area (Å²) in [5.74, 6) is 1.91. The number of Topliss-reactive ketones (excluding diaryl/α,β-unsaturated/α-hetero) is 1. The van der Waals surface area contributed by atoms with Gasteiger partial charge in [-0.25, -0.2) is 13.4 Å². The molecule has 38 heavy (non-hydrogen) atoms. The Balaban J connectivity index is 1.41. The van der Waals surface area contributed by atoms with Gasteiger partial charge in [-0.2, -0.15) is 0 Å². The van der Waals surface area contributed by atoms with Crippen LogP contribution in [-0.2, 0) is 19.4 Å². The maximum atomic E-state index is 12.1. The average molecular weight is 558 g/mol. The van der Waals surface area contributed by atoms with Gasteiger partial charge in [0.2, 0.25) is 0 Å². The zero-order valence-corrected chi connectivity index (χ0v) is 23.1. The first kappa shape index (κ1) is 26.7. The summed E-state index contributed by atoms with van der Waals surface area (Å²) in [7, 11) is -3.40. The molecule has 2 aromatic heterocycles. The average Bonchev–Trinajstić information content (AvgIpc) is 3.52. The van der Waals surface area contributed by atoms with Crippen LogP contribution in [0.4, 0.5) is 0 Å². The number of carbonyl (C=O) groups is 1. The fourth-order valence-electron chi connectivity index (χ4n) is 4.51. The molecule has 0 radical (unpaired) electrons. The van der Waals surface area contributed by atoms with Gasteiger partial charge in [0.25, 0.3) is 0 Å². The van der Waals surface area contributed by atoms with Gasteiger partial charge in [0.15, 0.2) is 14.9 Å². The van der Waals surface area contributed by atoms with Crippen molar-refractivity contribution in [3.8, 4) is 17.2 Å². The number of benzene rings is 1. The van der Waals surface area contributed by atoms with E-state index in [0.29, 0.717) is 49.8 Å². The van der Waals surface area contributed by atoms with Crippen molar-refractivity contribution >= 4 is 43.3 Å². The van der Waals surface area contributed by atoms with Crippen molar-refractivity contribution in [3.05, 3.63) is 42.2 Å². The number of rotatable bonds is 10. The number of nitrogens with zero attached hydrogens (tertiary/aromatic N) is 2. The number of ether oxygens (including phenoxy) is 3. The van der Waals surface area contributed by atoms with Crippen LogP contribution in [0.25, 0.3) is 10.9 Å². The number of pyridine rings is 1. The molecule has 0 bridgehead atoms. The number of aliphatic imine (C=N–C) groups is 1. The molecule has 2 aliphatic rings. The number of sulfone groups is 1. The lowest BCUT2D eigenvalue weighted by atomic mass is 10.1. The molecule has 1 atom stereocenters. The zero-order chi connectivity index (χ0) is 26.7. The smallest absolute Gasteiger partial charge is 0.192 e. The highest BCUT2D eigenvalue weighted by Crippen LogP contribution is 2.37. The van der Waals surface area contributed by atoms with E-state index in [1.807, 2.05) is 25.1 Å². The van der Waals surface area contributed by atoms with Gasteiger partial charge >= 0.3 is 0 Å². The summed E-state index contributed by atoms with van der Waals surface area (Å²) in [5.41, 5.74) is 1.72. The second-order valence-corrected chi connectivity index (χ2v) is 12.8. The predicted molar refractivity (Wildman–Crippen MR) is 148 cm³/mol. The Morgan fingerprint density at radius 3 is 2.71 bits per heavy atom. The minimum Gasteiger partial charge on any atom is -0.488 e. The number of fused-ring (bicyclic) bond motifs is 1. The van der Waals surface area contributed by atoms with Crippen LogP contribution in [0.3, 0.4) is 0 Å². The van der Waals surface area contributed by atoms with Crippen LogP contribution in [0.1, 0.15) is 44.7 Å². The predicted octanol–water partition coefficient (Wildman–Crippen LogP) is 4.94. The monoisotopic (exact) mass is 557 g/mol. The molecule has 1 N–H and O–H groups in total. The summed E-state index contributed by atoms with van der Waals surface area (Å²) in [6.07, 6.45) is 6.15. The number of carbonyl (C=O) groups excluding carboxylic acids is 1. The van der Waals surface area contributed by atoms with Crippen molar-refractivity contribution in [2.45, 2.75) is 55.4 Å². The zero-order valence-electron chi connectivity index (χ0n) is 21.4. The van der Waals surface area contributed by atoms with E-state index in [2.05, 4.69) is 9.97 Å². The molecule has 1 aromatic carbocycles. The summed E-state index contributed by atoms with van der Waals surface area (Å²) in [6, 6.07) is 8.76. The molecular formula is C27H31N3O6S2. The minimum atomic E-state index is -3.40. The van der Waals surface area contributed by atoms with Crippen LogP contribution in [-0.4, -0.2) is 66.6 Å². The van der Waals surface area contributed by atoms with Crippen molar-refractivity contribution < 1.29 is 27.4 Å². The topological polar surface area (TPSA) is 120 Å². The van der Waals surface area contributed by atoms with E-state index in [1.54, 1.807) is 17.8 Å². The molecule has 11 heteroatoms. The van der Waals surface area contributed by atoms with Gasteiger partial charge in [-0.05, 0) is 30.7 Å². The van der Waals surface area contributed by atoms with Crippen LogP contribution < -0.4 is 9.47 Å². The third kappa shape index (κ3) is 6.39. The van der Waals surface area contributed by atoms with E-state index < -0.39 is 9.84 Å². The maximum absolute atomic E-state index is 12.1. The largest absolute Gasteiger partial charge is 0.488 e. The lowest BCUT2D eigenvalue weighted by molar-refractivity contribution is -0.119. The Bertz CT molecular complexity index is 1440. The van der Waals surface area contributed by atoms with Crippen molar-refractivity contribution in [2.75, 3.05) is 26.0 Å². The molecule has 1 fully saturated rings. The van der Waals surface area contributed by atoms with Gasteiger partial charge in [0, 0.05) is 48.6 Å². The van der Waals surface area contributed by atoms with Gasteiger partial charge in [-0.15, -0.1) is 0 Å². The number of hydrogen-bond acceptors (Lipinski definition) is 9. The quantitative estimate of drug-likeness (QED) is 0.372. The summed E-state index contributed by atoms with van der Waals surface area (Å²) in [6.45, 7) is 3.96. The van der Waals surface area contributed by atoms with Gasteiger partial charge in [-0.1, -0.05) is 18.7 Å². The fraction of sp³-hybridized carbons (Fsp3) is 0.444. The molecule has 3 aromatic rings. The third-order valence-electron chi connectivity index (χ3n) is 6.38. The van der Waals surface area contributed by atoms with Crippen molar-refractivity contribution in [1.29, 1.82) is 0 Å². The number of H-pyrrole nitrogens is 1. The highest BCUT2D eigenvalue weighted by molar-refractivity contribution is 8.15. The van der Waals surface area contributed by atoms with Crippen molar-refractivity contribution in [3.63, 3.8) is 0 Å². The summed E-state index contributed by atoms with van der Waals surface area (Å²) in [4.78, 5) is 24.3. The minimum absolute atomic E-state index is 0.0105. The third-order valence-corrected chi connectivity index (χ3v) is 8.61. The standard InChI is InChI=1S/C27H31N3O6S2/c1-3-4-18(31)13-22-16-29-27(37-22)23-12-17-11-21(35-20-5-6-25(28-15-20)38(2,32)33)14-24(26(17)30-23)36-19-7-9-34-10-8-19/h5-6,11-12,14-15,19,22,30H,3-4,7-10,13,16H2,1-2H3. The molecule has 2 aliphatic heterocycles. The van der Waals surface area contributed by atoms with Crippen LogP contribution in [0, 0.1) is 0 Å². The molecule has 9 nitrogen and oxygen atoms in total. The molecule has 1 unspecified atom stereocenters. The van der Waals surface area contributed by atoms with E-state index in [-0.39, 0.29) is 22.2 Å². The highest BCUT2D eigenvalue weighted by atomic mass is 32.2. The molecule has 0 saturated carbocycles. The van der Waals surface area contributed by atoms with Crippen molar-refractivity contribution in [1.82, 2.24) is 9.97 Å². The Kier molecular flexibility index (Phi) is 8.06. The van der Waals surface area contributed by atoms with Gasteiger partial charge in [0.05, 0.1) is 37.2 Å². The van der Waals surface area contributed by atoms with Crippen molar-refractivity contribution in [2.24, 2.45) is 4.99 Å². The number of nitrogens with one attached hydrogen (secondary N) is 1. The Labute approximate surface area is 226 Å². The Morgan fingerprint density at radius 2 is 2.00 bits per heavy atom. The first-order valence-corrected chi connectivity index (χ1v) is 15.5. The number of ketones is 1. The van der Waals surface area contributed by atoms with E-state index in [0.717, 1.165) is 47.2 Å². The van der Waals surface area contributed by atoms with E-state index in [1.165, 1.54) is 12.3 Å². The Morgan fingerprint density at radius 1 is 1.18 bits per heavy atom. The molecule has 202 valence electrons. The van der Waals surface area contributed by atoms with Crippen LogP contribution in [0.15, 0.2) is 46.5 Å². The van der Waals surface area contributed by atoms with Crippen LogP contribution >= 0.6 is 11.8 Å². The molecule has 5 rings (SSSR count). The van der Waals surface area contributed by atoms with Crippen LogP contribution in [0.5, 0.6) is 17.2 Å². The molecular weight excluding hydrogens is 526 g/mol. The summed E-state index contributed by atoms with van der Waals surface area (Å²) < 4.78 is 41.4. The van der Waals surface area contributed by atoms with Gasteiger partial charge in [-0.3, -0.25) is 9.79 Å². The normalized spacial score (nSPS) is 18.5. The lowest BCUT2D eigenvalue weighted by Crippen LogP contribution is -2.25. The number of aromatic amines is 1. The summed E-state index contributed by atoms with van der Waals surface area (Å²) >= 11 is 1.64. The Hall–Kier alpha value is -2.89. The number of hydrogen-bond donors (Lipinski definition) is 1. The van der Waals surface area contributed by atoms with Gasteiger partial charge < -0.3 is 19.2 Å². The summed E-state index contributed by atoms with van der Waals surface area (Å²) in [5, 5.41) is 1.93. The molecule has 0 amide bonds. The first-order valence-electron chi connectivity index (χ1n) is 12.8. The lowest BCUT2D eigenvalue weighted by Gasteiger charge is -2.24. The molecule has 1 saturated heterocycles. The highest BCUT2D eigenvalue weighted by Gasteiger charge is 2.25. The fourth-order valence-corrected chi connectivity index (χ4v) is 6.19. The van der Waals surface area contributed by atoms with Crippen LogP contribution in [0.2, 0.25) is 0 Å². The number of aromatic nitrogens is 2. The van der Waals surface area contributed by atoms with E-state index >= 15 is 0 Å². The SMILES string of the molecule is CCCC(=O)CC1CN=C(c2cc3cc(Oc4ccc(S(C)(=O)=O)nc4)cc(OC4CCOCC4)c3[nH]2)S1. The maximum Gasteiger partial charge on any atom is 0.192 e. The second kappa shape index (κ2) is 11.5.